The summed E-state index contributed by atoms with van der Waals surface area (Å²) in [5.74, 6) is 0.524. The highest BCUT2D eigenvalue weighted by atomic mass is 127. The minimum atomic E-state index is 0. The van der Waals surface area contributed by atoms with Gasteiger partial charge in [0.05, 0.1) is 6.54 Å². The number of hydrogen-bond acceptors (Lipinski definition) is 3. The molecule has 0 saturated carbocycles. The van der Waals surface area contributed by atoms with Crippen LogP contribution in [-0.2, 0) is 9.53 Å². The molecule has 6 nitrogen and oxygen atoms in total. The first-order chi connectivity index (χ1) is 10.7. The number of para-hydroxylation sites is 1. The molecule has 1 unspecified atom stereocenters. The molecule has 2 rings (SSSR count). The Kier molecular flexibility index (Phi) is 8.93. The van der Waals surface area contributed by atoms with Crippen molar-refractivity contribution in [1.29, 1.82) is 0 Å². The van der Waals surface area contributed by atoms with Crippen molar-refractivity contribution in [2.75, 3.05) is 31.6 Å². The average molecular weight is 432 g/mol. The Morgan fingerprint density at radius 2 is 2.26 bits per heavy atom. The number of aliphatic imine (C=N–C) groups is 1. The lowest BCUT2D eigenvalue weighted by Crippen LogP contribution is -2.34. The van der Waals surface area contributed by atoms with Crippen molar-refractivity contribution in [3.8, 4) is 0 Å². The van der Waals surface area contributed by atoms with Crippen LogP contribution >= 0.6 is 24.0 Å². The van der Waals surface area contributed by atoms with Crippen molar-refractivity contribution in [3.05, 3.63) is 29.8 Å². The number of amides is 1. The molecule has 1 aromatic carbocycles. The minimum absolute atomic E-state index is 0. The van der Waals surface area contributed by atoms with Crippen molar-refractivity contribution < 1.29 is 9.53 Å². The van der Waals surface area contributed by atoms with Crippen LogP contribution in [0.3, 0.4) is 0 Å². The third kappa shape index (κ3) is 6.34. The number of carbonyl (C=O) groups excluding carboxylic acids is 1. The Hall–Kier alpha value is -1.35. The molecular formula is C16H25IN4O2. The molecule has 7 heteroatoms. The lowest BCUT2D eigenvalue weighted by Gasteiger charge is -2.24. The first-order valence-corrected chi connectivity index (χ1v) is 7.71. The van der Waals surface area contributed by atoms with Crippen LogP contribution in [0, 0.1) is 0 Å². The van der Waals surface area contributed by atoms with Crippen LogP contribution in [0.4, 0.5) is 5.69 Å². The van der Waals surface area contributed by atoms with Crippen LogP contribution < -0.4 is 16.4 Å². The van der Waals surface area contributed by atoms with Crippen LogP contribution in [-0.4, -0.2) is 38.2 Å². The van der Waals surface area contributed by atoms with Gasteiger partial charge in [0.2, 0.25) is 5.91 Å². The molecule has 1 heterocycles. The monoisotopic (exact) mass is 432 g/mol. The smallest absolute Gasteiger partial charge is 0.225 e. The van der Waals surface area contributed by atoms with E-state index in [0.29, 0.717) is 25.5 Å². The number of nitrogens with two attached hydrogens (primary N) is 1. The zero-order valence-electron chi connectivity index (χ0n) is 13.4. The van der Waals surface area contributed by atoms with Crippen LogP contribution in [0.15, 0.2) is 29.3 Å². The van der Waals surface area contributed by atoms with Gasteiger partial charge >= 0.3 is 0 Å². The van der Waals surface area contributed by atoms with Gasteiger partial charge in [-0.25, -0.2) is 0 Å². The van der Waals surface area contributed by atoms with Gasteiger partial charge in [0.1, 0.15) is 0 Å². The number of nitrogens with zero attached hydrogens (tertiary/aromatic N) is 1. The van der Waals surface area contributed by atoms with E-state index in [1.807, 2.05) is 31.2 Å². The number of anilines is 1. The lowest BCUT2D eigenvalue weighted by atomic mass is 9.91. The molecule has 1 amide bonds. The van der Waals surface area contributed by atoms with E-state index in [1.54, 1.807) is 0 Å². The van der Waals surface area contributed by atoms with E-state index in [0.717, 1.165) is 30.8 Å². The standard InChI is InChI=1S/C16H24N4O2.HI/c1-2-22-9-5-8-18-16(17)19-11-12-10-15(21)20-14-7-4-3-6-13(12)14;/h3-4,6-7,12H,2,5,8-11H2,1H3,(H,20,21)(H3,17,18,19);1H. The summed E-state index contributed by atoms with van der Waals surface area (Å²) in [5.41, 5.74) is 7.86. The molecule has 4 N–H and O–H groups in total. The predicted octanol–water partition coefficient (Wildman–Crippen LogP) is 2.06. The summed E-state index contributed by atoms with van der Waals surface area (Å²) < 4.78 is 5.26. The van der Waals surface area contributed by atoms with Crippen molar-refractivity contribution in [2.24, 2.45) is 10.7 Å². The lowest BCUT2D eigenvalue weighted by molar-refractivity contribution is -0.116. The van der Waals surface area contributed by atoms with Gasteiger partial charge < -0.3 is 21.1 Å². The second-order valence-corrected chi connectivity index (χ2v) is 5.24. The summed E-state index contributed by atoms with van der Waals surface area (Å²) in [6, 6.07) is 7.83. The van der Waals surface area contributed by atoms with Gasteiger partial charge in [0.15, 0.2) is 5.96 Å². The molecule has 0 bridgehead atoms. The fourth-order valence-corrected chi connectivity index (χ4v) is 2.46. The van der Waals surface area contributed by atoms with Gasteiger partial charge in [0.25, 0.3) is 0 Å². The summed E-state index contributed by atoms with van der Waals surface area (Å²) in [4.78, 5) is 16.1. The molecule has 0 spiro atoms. The van der Waals surface area contributed by atoms with Crippen molar-refractivity contribution in [3.63, 3.8) is 0 Å². The topological polar surface area (TPSA) is 88.7 Å². The highest BCUT2D eigenvalue weighted by Crippen LogP contribution is 2.31. The van der Waals surface area contributed by atoms with Gasteiger partial charge in [-0.1, -0.05) is 18.2 Å². The number of guanidine groups is 1. The average Bonchev–Trinajstić information content (AvgIpc) is 2.52. The molecule has 1 aromatic rings. The molecular weight excluding hydrogens is 407 g/mol. The third-order valence-electron chi connectivity index (χ3n) is 3.56. The Labute approximate surface area is 154 Å². The van der Waals surface area contributed by atoms with Crippen LogP contribution in [0.1, 0.15) is 31.2 Å². The van der Waals surface area contributed by atoms with Crippen LogP contribution in [0.25, 0.3) is 0 Å². The highest BCUT2D eigenvalue weighted by Gasteiger charge is 2.24. The second-order valence-electron chi connectivity index (χ2n) is 5.24. The number of nitrogens with one attached hydrogen (secondary N) is 2. The number of benzene rings is 1. The SMILES string of the molecule is CCOCCCNC(N)=NCC1CC(=O)Nc2ccccc21.I. The Bertz CT molecular complexity index is 537. The van der Waals surface area contributed by atoms with Crippen molar-refractivity contribution in [1.82, 2.24) is 5.32 Å². The normalized spacial score (nSPS) is 17.0. The van der Waals surface area contributed by atoms with Gasteiger partial charge in [-0.2, -0.15) is 0 Å². The number of ether oxygens (including phenoxy) is 1. The van der Waals surface area contributed by atoms with Crippen molar-refractivity contribution >= 4 is 41.5 Å². The summed E-state index contributed by atoms with van der Waals surface area (Å²) in [6.07, 6.45) is 1.33. The maximum absolute atomic E-state index is 11.7. The molecule has 0 saturated heterocycles. The van der Waals surface area contributed by atoms with Gasteiger partial charge in [0, 0.05) is 37.8 Å². The summed E-state index contributed by atoms with van der Waals surface area (Å²) in [5, 5.41) is 5.95. The second kappa shape index (κ2) is 10.4. The number of halogens is 1. The summed E-state index contributed by atoms with van der Waals surface area (Å²) in [7, 11) is 0. The van der Waals surface area contributed by atoms with E-state index < -0.39 is 0 Å². The van der Waals surface area contributed by atoms with Gasteiger partial charge in [-0.05, 0) is 25.0 Å². The maximum atomic E-state index is 11.7. The Balaban J connectivity index is 0.00000264. The molecule has 23 heavy (non-hydrogen) atoms. The number of carbonyl (C=O) groups is 1. The quantitative estimate of drug-likeness (QED) is 0.266. The van der Waals surface area contributed by atoms with E-state index in [1.165, 1.54) is 0 Å². The summed E-state index contributed by atoms with van der Waals surface area (Å²) in [6.45, 7) is 4.66. The molecule has 0 fully saturated rings. The number of fused-ring (bicyclic) bond motifs is 1. The largest absolute Gasteiger partial charge is 0.382 e. The molecule has 1 aliphatic rings. The highest BCUT2D eigenvalue weighted by molar-refractivity contribution is 14.0. The zero-order chi connectivity index (χ0) is 15.8. The van der Waals surface area contributed by atoms with Crippen LogP contribution in [0.2, 0.25) is 0 Å². The maximum Gasteiger partial charge on any atom is 0.225 e. The molecule has 1 atom stereocenters. The third-order valence-corrected chi connectivity index (χ3v) is 3.56. The first kappa shape index (κ1) is 19.7. The molecule has 0 radical (unpaired) electrons. The van der Waals surface area contributed by atoms with E-state index in [9.17, 15) is 4.79 Å². The fraction of sp³-hybridized carbons (Fsp3) is 0.500. The number of hydrogen-bond donors (Lipinski definition) is 3. The van der Waals surface area contributed by atoms with Crippen molar-refractivity contribution in [2.45, 2.75) is 25.7 Å². The van der Waals surface area contributed by atoms with E-state index in [2.05, 4.69) is 15.6 Å². The van der Waals surface area contributed by atoms with E-state index >= 15 is 0 Å². The molecule has 0 aromatic heterocycles. The Morgan fingerprint density at radius 3 is 3.04 bits per heavy atom. The summed E-state index contributed by atoms with van der Waals surface area (Å²) >= 11 is 0. The predicted molar refractivity (Wildman–Crippen MR) is 103 cm³/mol. The van der Waals surface area contributed by atoms with Crippen LogP contribution in [0.5, 0.6) is 0 Å². The first-order valence-electron chi connectivity index (χ1n) is 7.71. The Morgan fingerprint density at radius 1 is 1.48 bits per heavy atom. The zero-order valence-corrected chi connectivity index (χ0v) is 15.7. The minimum Gasteiger partial charge on any atom is -0.382 e. The van der Waals surface area contributed by atoms with Gasteiger partial charge in [-0.3, -0.25) is 9.79 Å². The van der Waals surface area contributed by atoms with E-state index in [4.69, 9.17) is 10.5 Å². The molecule has 128 valence electrons. The fourth-order valence-electron chi connectivity index (χ4n) is 2.46. The number of rotatable bonds is 7. The molecule has 0 aliphatic carbocycles. The molecule has 1 aliphatic heterocycles. The van der Waals surface area contributed by atoms with E-state index in [-0.39, 0.29) is 35.8 Å². The van der Waals surface area contributed by atoms with Gasteiger partial charge in [-0.15, -0.1) is 24.0 Å².